The van der Waals surface area contributed by atoms with Gasteiger partial charge in [0, 0.05) is 23.3 Å². The molecule has 0 fully saturated rings. The van der Waals surface area contributed by atoms with Crippen molar-refractivity contribution in [1.29, 1.82) is 0 Å². The molecule has 0 aliphatic heterocycles. The molecule has 1 aromatic carbocycles. The molecule has 0 saturated heterocycles. The number of hydrogen-bond acceptors (Lipinski definition) is 3. The van der Waals surface area contributed by atoms with Crippen LogP contribution in [0.2, 0.25) is 0 Å². The highest BCUT2D eigenvalue weighted by atomic mass is 32.2. The number of hydrogen-bond donors (Lipinski definition) is 2. The van der Waals surface area contributed by atoms with Gasteiger partial charge in [-0.05, 0) is 31.5 Å². The van der Waals surface area contributed by atoms with Crippen LogP contribution in [0.4, 0.5) is 0 Å². The van der Waals surface area contributed by atoms with E-state index in [0.717, 1.165) is 17.0 Å². The number of rotatable bonds is 7. The van der Waals surface area contributed by atoms with Crippen LogP contribution in [0.15, 0.2) is 29.2 Å². The van der Waals surface area contributed by atoms with Crippen molar-refractivity contribution in [2.24, 2.45) is 0 Å². The molecule has 0 saturated carbocycles. The van der Waals surface area contributed by atoms with Crippen LogP contribution >= 0.6 is 0 Å². The Morgan fingerprint density at radius 1 is 1.41 bits per heavy atom. The fourth-order valence-corrected chi connectivity index (χ4v) is 3.26. The second kappa shape index (κ2) is 7.58. The molecular weight excluding hydrogens is 234 g/mol. The number of aliphatic hydroxyl groups is 1. The summed E-state index contributed by atoms with van der Waals surface area (Å²) in [5.41, 5.74) is 1.06. The maximum Gasteiger partial charge on any atom is 0.0547 e. The SMILES string of the molecule is CCNC(CCO)CS(=O)c1ccccc1C. The first-order valence-corrected chi connectivity index (χ1v) is 7.29. The van der Waals surface area contributed by atoms with E-state index in [9.17, 15) is 4.21 Å². The molecule has 1 rings (SSSR count). The third kappa shape index (κ3) is 4.58. The van der Waals surface area contributed by atoms with E-state index in [-0.39, 0.29) is 12.6 Å². The van der Waals surface area contributed by atoms with Gasteiger partial charge in [-0.3, -0.25) is 4.21 Å². The van der Waals surface area contributed by atoms with Gasteiger partial charge >= 0.3 is 0 Å². The molecule has 1 aromatic rings. The lowest BCUT2D eigenvalue weighted by Gasteiger charge is -2.16. The monoisotopic (exact) mass is 255 g/mol. The van der Waals surface area contributed by atoms with Crippen molar-refractivity contribution in [3.63, 3.8) is 0 Å². The van der Waals surface area contributed by atoms with E-state index < -0.39 is 10.8 Å². The van der Waals surface area contributed by atoms with Gasteiger partial charge in [-0.25, -0.2) is 0 Å². The summed E-state index contributed by atoms with van der Waals surface area (Å²) in [6.45, 7) is 4.95. The molecule has 0 heterocycles. The third-order valence-electron chi connectivity index (χ3n) is 2.66. The Labute approximate surface area is 106 Å². The van der Waals surface area contributed by atoms with E-state index in [4.69, 9.17) is 5.11 Å². The zero-order chi connectivity index (χ0) is 12.7. The first-order valence-electron chi connectivity index (χ1n) is 5.97. The van der Waals surface area contributed by atoms with Crippen LogP contribution < -0.4 is 5.32 Å². The minimum absolute atomic E-state index is 0.116. The molecule has 0 spiro atoms. The average Bonchev–Trinajstić information content (AvgIpc) is 2.30. The van der Waals surface area contributed by atoms with E-state index in [2.05, 4.69) is 5.32 Å². The number of aryl methyl sites for hydroxylation is 1. The summed E-state index contributed by atoms with van der Waals surface area (Å²) in [6.07, 6.45) is 0.644. The Hall–Kier alpha value is -0.710. The van der Waals surface area contributed by atoms with Crippen LogP contribution in [0.25, 0.3) is 0 Å². The number of nitrogens with one attached hydrogen (secondary N) is 1. The summed E-state index contributed by atoms with van der Waals surface area (Å²) in [5.74, 6) is 0.555. The van der Waals surface area contributed by atoms with E-state index >= 15 is 0 Å². The van der Waals surface area contributed by atoms with Crippen molar-refractivity contribution in [1.82, 2.24) is 5.32 Å². The first kappa shape index (κ1) is 14.4. The normalized spacial score (nSPS) is 14.5. The van der Waals surface area contributed by atoms with Gasteiger partial charge in [0.1, 0.15) is 0 Å². The van der Waals surface area contributed by atoms with Crippen LogP contribution in [0.3, 0.4) is 0 Å². The zero-order valence-corrected chi connectivity index (χ0v) is 11.3. The molecular formula is C13H21NO2S. The molecule has 2 unspecified atom stereocenters. The largest absolute Gasteiger partial charge is 0.396 e. The third-order valence-corrected chi connectivity index (χ3v) is 4.32. The van der Waals surface area contributed by atoms with E-state index in [1.807, 2.05) is 38.1 Å². The molecule has 96 valence electrons. The smallest absolute Gasteiger partial charge is 0.0547 e. The van der Waals surface area contributed by atoms with Gasteiger partial charge in [-0.1, -0.05) is 25.1 Å². The Kier molecular flexibility index (Phi) is 6.40. The lowest BCUT2D eigenvalue weighted by molar-refractivity contribution is 0.270. The predicted molar refractivity (Wildman–Crippen MR) is 71.6 cm³/mol. The first-order chi connectivity index (χ1) is 8.19. The van der Waals surface area contributed by atoms with Gasteiger partial charge in [0.05, 0.1) is 10.8 Å². The molecule has 0 aromatic heterocycles. The van der Waals surface area contributed by atoms with Crippen molar-refractivity contribution in [3.8, 4) is 0 Å². The molecule has 0 bridgehead atoms. The summed E-state index contributed by atoms with van der Waals surface area (Å²) in [4.78, 5) is 0.897. The summed E-state index contributed by atoms with van der Waals surface area (Å²) in [6, 6.07) is 7.86. The Bertz CT molecular complexity index is 362. The molecule has 17 heavy (non-hydrogen) atoms. The highest BCUT2D eigenvalue weighted by Gasteiger charge is 2.13. The van der Waals surface area contributed by atoms with E-state index in [1.165, 1.54) is 0 Å². The van der Waals surface area contributed by atoms with E-state index in [0.29, 0.717) is 12.2 Å². The summed E-state index contributed by atoms with van der Waals surface area (Å²) < 4.78 is 12.2. The van der Waals surface area contributed by atoms with E-state index in [1.54, 1.807) is 0 Å². The highest BCUT2D eigenvalue weighted by Crippen LogP contribution is 2.13. The van der Waals surface area contributed by atoms with Crippen molar-refractivity contribution in [3.05, 3.63) is 29.8 Å². The molecule has 0 radical (unpaired) electrons. The Balaban J connectivity index is 2.67. The Morgan fingerprint density at radius 3 is 2.71 bits per heavy atom. The topological polar surface area (TPSA) is 49.3 Å². The summed E-state index contributed by atoms with van der Waals surface area (Å²) in [7, 11) is -1.00. The van der Waals surface area contributed by atoms with Crippen LogP contribution in [0.1, 0.15) is 18.9 Å². The quantitative estimate of drug-likeness (QED) is 0.775. The lowest BCUT2D eigenvalue weighted by atomic mass is 10.2. The molecule has 3 nitrogen and oxygen atoms in total. The van der Waals surface area contributed by atoms with Gasteiger partial charge in [0.25, 0.3) is 0 Å². The maximum absolute atomic E-state index is 12.2. The fourth-order valence-electron chi connectivity index (χ4n) is 1.77. The maximum atomic E-state index is 12.2. The zero-order valence-electron chi connectivity index (χ0n) is 10.5. The molecule has 2 atom stereocenters. The average molecular weight is 255 g/mol. The summed E-state index contributed by atoms with van der Waals surface area (Å²) in [5, 5.41) is 12.2. The van der Waals surface area contributed by atoms with Gasteiger partial charge < -0.3 is 10.4 Å². The number of aliphatic hydroxyl groups excluding tert-OH is 1. The second-order valence-corrected chi connectivity index (χ2v) is 5.51. The van der Waals surface area contributed by atoms with Crippen LogP contribution in [-0.2, 0) is 10.8 Å². The fraction of sp³-hybridized carbons (Fsp3) is 0.538. The van der Waals surface area contributed by atoms with Crippen molar-refractivity contribution >= 4 is 10.8 Å². The van der Waals surface area contributed by atoms with Crippen molar-refractivity contribution in [2.45, 2.75) is 31.2 Å². The number of benzene rings is 1. The van der Waals surface area contributed by atoms with Gasteiger partial charge in [-0.15, -0.1) is 0 Å². The van der Waals surface area contributed by atoms with Crippen LogP contribution in [0.5, 0.6) is 0 Å². The van der Waals surface area contributed by atoms with Crippen molar-refractivity contribution in [2.75, 3.05) is 18.9 Å². The molecule has 2 N–H and O–H groups in total. The van der Waals surface area contributed by atoms with Gasteiger partial charge in [0.2, 0.25) is 0 Å². The standard InChI is InChI=1S/C13H21NO2S/c1-3-14-12(8-9-15)10-17(16)13-7-5-4-6-11(13)2/h4-7,12,14-15H,3,8-10H2,1-2H3. The van der Waals surface area contributed by atoms with Crippen LogP contribution in [0, 0.1) is 6.92 Å². The summed E-state index contributed by atoms with van der Waals surface area (Å²) >= 11 is 0. The van der Waals surface area contributed by atoms with Gasteiger partial charge in [-0.2, -0.15) is 0 Å². The minimum atomic E-state index is -1.00. The molecule has 0 amide bonds. The molecule has 0 aliphatic carbocycles. The second-order valence-electron chi connectivity index (χ2n) is 4.04. The highest BCUT2D eigenvalue weighted by molar-refractivity contribution is 7.85. The molecule has 4 heteroatoms. The molecule has 0 aliphatic rings. The minimum Gasteiger partial charge on any atom is -0.396 e. The lowest BCUT2D eigenvalue weighted by Crippen LogP contribution is -2.34. The van der Waals surface area contributed by atoms with Crippen molar-refractivity contribution < 1.29 is 9.32 Å². The Morgan fingerprint density at radius 2 is 2.12 bits per heavy atom. The predicted octanol–water partition coefficient (Wildman–Crippen LogP) is 1.46. The van der Waals surface area contributed by atoms with Gasteiger partial charge in [0.15, 0.2) is 0 Å². The van der Waals surface area contributed by atoms with Crippen LogP contribution in [-0.4, -0.2) is 34.3 Å².